The van der Waals surface area contributed by atoms with Crippen molar-refractivity contribution in [1.29, 1.82) is 0 Å². The normalized spacial score (nSPS) is 10.5. The van der Waals surface area contributed by atoms with Crippen LogP contribution in [0, 0.1) is 0 Å². The van der Waals surface area contributed by atoms with Crippen molar-refractivity contribution in [1.82, 2.24) is 5.32 Å². The largest absolute Gasteiger partial charge is 0.508 e. The number of amides is 1. The van der Waals surface area contributed by atoms with Gasteiger partial charge in [-0.3, -0.25) is 4.79 Å². The Morgan fingerprint density at radius 2 is 1.54 bits per heavy atom. The summed E-state index contributed by atoms with van der Waals surface area (Å²) in [6.07, 6.45) is 1.64. The Hall–Kier alpha value is -2.59. The van der Waals surface area contributed by atoms with Crippen LogP contribution in [0.4, 0.5) is 0 Å². The third-order valence-electron chi connectivity index (χ3n) is 4.29. The molecule has 0 unspecified atom stereocenters. The standard InChI is InChI=1S/C22H20BrNO2/c23-21-9-5-4-6-16(21)10-11-18-14-20(25)13-12-19(18)15-24-22(26)17-7-2-1-3-8-17/h1-9,12-14,25H,10-11,15H2,(H,24,26). The summed E-state index contributed by atoms with van der Waals surface area (Å²) >= 11 is 3.57. The molecule has 3 aromatic carbocycles. The molecule has 3 aromatic rings. The fourth-order valence-corrected chi connectivity index (χ4v) is 3.34. The van der Waals surface area contributed by atoms with Crippen LogP contribution in [0.15, 0.2) is 77.3 Å². The number of benzene rings is 3. The molecule has 0 spiro atoms. The number of halogens is 1. The zero-order valence-electron chi connectivity index (χ0n) is 14.3. The predicted molar refractivity (Wildman–Crippen MR) is 107 cm³/mol. The minimum atomic E-state index is -0.101. The summed E-state index contributed by atoms with van der Waals surface area (Å²) in [7, 11) is 0. The summed E-state index contributed by atoms with van der Waals surface area (Å²) in [6, 6.07) is 22.6. The van der Waals surface area contributed by atoms with Gasteiger partial charge in [-0.15, -0.1) is 0 Å². The number of nitrogens with one attached hydrogen (secondary N) is 1. The molecule has 3 nitrogen and oxygen atoms in total. The van der Waals surface area contributed by atoms with Gasteiger partial charge in [-0.25, -0.2) is 0 Å². The first-order valence-electron chi connectivity index (χ1n) is 8.51. The molecular formula is C22H20BrNO2. The summed E-state index contributed by atoms with van der Waals surface area (Å²) < 4.78 is 1.08. The monoisotopic (exact) mass is 409 g/mol. The first-order valence-corrected chi connectivity index (χ1v) is 9.30. The van der Waals surface area contributed by atoms with Gasteiger partial charge in [0.15, 0.2) is 0 Å². The highest BCUT2D eigenvalue weighted by molar-refractivity contribution is 9.10. The summed E-state index contributed by atoms with van der Waals surface area (Å²) in [5.74, 6) is 0.140. The first-order chi connectivity index (χ1) is 12.6. The molecule has 3 rings (SSSR count). The number of phenolic OH excluding ortho intramolecular Hbond substituents is 1. The summed E-state index contributed by atoms with van der Waals surface area (Å²) in [5.41, 5.74) is 3.91. The molecule has 4 heteroatoms. The molecule has 0 aliphatic heterocycles. The number of carbonyl (C=O) groups is 1. The van der Waals surface area contributed by atoms with Gasteiger partial charge >= 0.3 is 0 Å². The number of aryl methyl sites for hydroxylation is 2. The molecule has 0 bridgehead atoms. The average Bonchev–Trinajstić information content (AvgIpc) is 2.67. The number of rotatable bonds is 6. The van der Waals surface area contributed by atoms with Crippen molar-refractivity contribution in [3.05, 3.63) is 99.5 Å². The molecule has 2 N–H and O–H groups in total. The zero-order valence-corrected chi connectivity index (χ0v) is 15.9. The Balaban J connectivity index is 1.70. The third kappa shape index (κ3) is 4.73. The smallest absolute Gasteiger partial charge is 0.251 e. The summed E-state index contributed by atoms with van der Waals surface area (Å²) in [5, 5.41) is 12.8. The van der Waals surface area contributed by atoms with E-state index < -0.39 is 0 Å². The van der Waals surface area contributed by atoms with E-state index in [0.29, 0.717) is 12.1 Å². The van der Waals surface area contributed by atoms with Crippen molar-refractivity contribution >= 4 is 21.8 Å². The number of aromatic hydroxyl groups is 1. The second-order valence-corrected chi connectivity index (χ2v) is 6.95. The van der Waals surface area contributed by atoms with Crippen LogP contribution in [-0.4, -0.2) is 11.0 Å². The average molecular weight is 410 g/mol. The number of carbonyl (C=O) groups excluding carboxylic acids is 1. The van der Waals surface area contributed by atoms with E-state index in [9.17, 15) is 9.90 Å². The van der Waals surface area contributed by atoms with E-state index in [0.717, 1.165) is 28.4 Å². The van der Waals surface area contributed by atoms with Crippen molar-refractivity contribution in [2.45, 2.75) is 19.4 Å². The van der Waals surface area contributed by atoms with E-state index in [2.05, 4.69) is 27.3 Å². The highest BCUT2D eigenvalue weighted by Gasteiger charge is 2.09. The molecule has 0 aliphatic carbocycles. The van der Waals surface area contributed by atoms with E-state index in [1.807, 2.05) is 42.5 Å². The molecule has 0 heterocycles. The van der Waals surface area contributed by atoms with Gasteiger partial charge in [0.1, 0.15) is 5.75 Å². The Bertz CT molecular complexity index is 894. The van der Waals surface area contributed by atoms with Crippen LogP contribution in [0.2, 0.25) is 0 Å². The van der Waals surface area contributed by atoms with Crippen LogP contribution in [0.3, 0.4) is 0 Å². The first kappa shape index (κ1) is 18.2. The lowest BCUT2D eigenvalue weighted by atomic mass is 9.99. The second kappa shape index (κ2) is 8.68. The van der Waals surface area contributed by atoms with Crippen molar-refractivity contribution in [3.8, 4) is 5.75 Å². The van der Waals surface area contributed by atoms with Crippen molar-refractivity contribution < 1.29 is 9.90 Å². The lowest BCUT2D eigenvalue weighted by molar-refractivity contribution is 0.0951. The molecule has 0 fully saturated rings. The van der Waals surface area contributed by atoms with E-state index >= 15 is 0 Å². The maximum absolute atomic E-state index is 12.3. The number of hydrogen-bond donors (Lipinski definition) is 2. The molecule has 132 valence electrons. The van der Waals surface area contributed by atoms with Crippen LogP contribution < -0.4 is 5.32 Å². The predicted octanol–water partition coefficient (Wildman–Crippen LogP) is 4.87. The van der Waals surface area contributed by atoms with Gasteiger partial charge in [-0.05, 0) is 59.9 Å². The third-order valence-corrected chi connectivity index (χ3v) is 5.06. The molecular weight excluding hydrogens is 390 g/mol. The minimum Gasteiger partial charge on any atom is -0.508 e. The topological polar surface area (TPSA) is 49.3 Å². The maximum atomic E-state index is 12.3. The number of hydrogen-bond acceptors (Lipinski definition) is 2. The Labute approximate surface area is 161 Å². The fraction of sp³-hybridized carbons (Fsp3) is 0.136. The van der Waals surface area contributed by atoms with Gasteiger partial charge in [0.25, 0.3) is 5.91 Å². The highest BCUT2D eigenvalue weighted by atomic mass is 79.9. The van der Waals surface area contributed by atoms with Crippen molar-refractivity contribution in [2.75, 3.05) is 0 Å². The molecule has 0 radical (unpaired) electrons. The SMILES string of the molecule is O=C(NCc1ccc(O)cc1CCc1ccccc1Br)c1ccccc1. The molecule has 26 heavy (non-hydrogen) atoms. The Morgan fingerprint density at radius 3 is 2.31 bits per heavy atom. The molecule has 1 amide bonds. The van der Waals surface area contributed by atoms with E-state index in [1.165, 1.54) is 5.56 Å². The van der Waals surface area contributed by atoms with Crippen LogP contribution in [0.5, 0.6) is 5.75 Å². The molecule has 0 saturated heterocycles. The molecule has 0 aromatic heterocycles. The van der Waals surface area contributed by atoms with Crippen LogP contribution in [0.25, 0.3) is 0 Å². The van der Waals surface area contributed by atoms with Crippen LogP contribution in [0.1, 0.15) is 27.0 Å². The lowest BCUT2D eigenvalue weighted by Gasteiger charge is -2.12. The Morgan fingerprint density at radius 1 is 0.846 bits per heavy atom. The minimum absolute atomic E-state index is 0.101. The molecule has 0 atom stereocenters. The van der Waals surface area contributed by atoms with Gasteiger partial charge in [-0.2, -0.15) is 0 Å². The van der Waals surface area contributed by atoms with Crippen molar-refractivity contribution in [3.63, 3.8) is 0 Å². The fourth-order valence-electron chi connectivity index (χ4n) is 2.86. The summed E-state index contributed by atoms with van der Waals surface area (Å²) in [6.45, 7) is 0.430. The van der Waals surface area contributed by atoms with Gasteiger partial charge in [0, 0.05) is 16.6 Å². The van der Waals surface area contributed by atoms with Gasteiger partial charge < -0.3 is 10.4 Å². The number of phenols is 1. The van der Waals surface area contributed by atoms with Crippen LogP contribution >= 0.6 is 15.9 Å². The molecule has 0 saturated carbocycles. The summed E-state index contributed by atoms with van der Waals surface area (Å²) in [4.78, 5) is 12.3. The van der Waals surface area contributed by atoms with E-state index in [1.54, 1.807) is 24.3 Å². The van der Waals surface area contributed by atoms with Crippen molar-refractivity contribution in [2.24, 2.45) is 0 Å². The zero-order chi connectivity index (χ0) is 18.4. The quantitative estimate of drug-likeness (QED) is 0.609. The highest BCUT2D eigenvalue weighted by Crippen LogP contribution is 2.22. The second-order valence-electron chi connectivity index (χ2n) is 6.09. The van der Waals surface area contributed by atoms with Crippen LogP contribution in [-0.2, 0) is 19.4 Å². The van der Waals surface area contributed by atoms with Gasteiger partial charge in [-0.1, -0.05) is 58.4 Å². The van der Waals surface area contributed by atoms with E-state index in [-0.39, 0.29) is 11.7 Å². The maximum Gasteiger partial charge on any atom is 0.251 e. The molecule has 0 aliphatic rings. The van der Waals surface area contributed by atoms with Gasteiger partial charge in [0.05, 0.1) is 0 Å². The van der Waals surface area contributed by atoms with Gasteiger partial charge in [0.2, 0.25) is 0 Å². The van der Waals surface area contributed by atoms with E-state index in [4.69, 9.17) is 0 Å². The lowest BCUT2D eigenvalue weighted by Crippen LogP contribution is -2.23. The Kier molecular flexibility index (Phi) is 6.08.